The Hall–Kier alpha value is -2.26. The highest BCUT2D eigenvalue weighted by atomic mass is 28.4. The quantitative estimate of drug-likeness (QED) is 0.297. The molecule has 1 saturated heterocycles. The molecule has 1 aliphatic heterocycles. The zero-order valence-corrected chi connectivity index (χ0v) is 25.9. The Labute approximate surface area is 235 Å². The predicted molar refractivity (Wildman–Crippen MR) is 160 cm³/mol. The summed E-state index contributed by atoms with van der Waals surface area (Å²) in [5.74, 6) is 1.78. The van der Waals surface area contributed by atoms with Gasteiger partial charge in [-0.15, -0.1) is 10.2 Å². The number of hydrogen-bond donors (Lipinski definition) is 1. The Morgan fingerprint density at radius 3 is 2.31 bits per heavy atom. The van der Waals surface area contributed by atoms with Crippen LogP contribution in [0.1, 0.15) is 96.3 Å². The summed E-state index contributed by atoms with van der Waals surface area (Å²) < 4.78 is 16.0. The highest BCUT2D eigenvalue weighted by molar-refractivity contribution is 6.77. The van der Waals surface area contributed by atoms with Crippen molar-refractivity contribution in [2.45, 2.75) is 102 Å². The molecule has 7 nitrogen and oxygen atoms in total. The second-order valence-corrected chi connectivity index (χ2v) is 18.2. The van der Waals surface area contributed by atoms with Crippen molar-refractivity contribution in [3.63, 3.8) is 0 Å². The van der Waals surface area contributed by atoms with E-state index in [4.69, 9.17) is 20.0 Å². The van der Waals surface area contributed by atoms with Gasteiger partial charge in [-0.3, -0.25) is 9.30 Å². The van der Waals surface area contributed by atoms with Gasteiger partial charge in [0, 0.05) is 6.04 Å². The first-order chi connectivity index (χ1) is 18.6. The zero-order chi connectivity index (χ0) is 27.9. The van der Waals surface area contributed by atoms with Gasteiger partial charge in [0.05, 0.1) is 12.8 Å². The number of benzene rings is 1. The summed E-state index contributed by atoms with van der Waals surface area (Å²) >= 11 is 0. The first kappa shape index (κ1) is 28.3. The fourth-order valence-corrected chi connectivity index (χ4v) is 13.1. The van der Waals surface area contributed by atoms with Crippen LogP contribution in [0.15, 0.2) is 42.6 Å². The summed E-state index contributed by atoms with van der Waals surface area (Å²) in [6.45, 7) is 15.8. The molecule has 8 heteroatoms. The van der Waals surface area contributed by atoms with Crippen molar-refractivity contribution in [2.75, 3.05) is 20.2 Å². The van der Waals surface area contributed by atoms with Crippen LogP contribution in [0.3, 0.4) is 0 Å². The van der Waals surface area contributed by atoms with E-state index in [9.17, 15) is 0 Å². The first-order valence-corrected chi connectivity index (χ1v) is 17.0. The Balaban J connectivity index is 1.49. The second kappa shape index (κ2) is 11.0. The molecule has 0 saturated carbocycles. The molecule has 1 fully saturated rings. The van der Waals surface area contributed by atoms with Crippen LogP contribution < -0.4 is 10.5 Å². The van der Waals surface area contributed by atoms with Crippen LogP contribution in [-0.4, -0.2) is 48.0 Å². The third kappa shape index (κ3) is 4.83. The topological polar surface area (TPSA) is 77.9 Å². The third-order valence-electron chi connectivity index (χ3n) is 9.63. The van der Waals surface area contributed by atoms with Crippen molar-refractivity contribution in [1.29, 1.82) is 0 Å². The number of rotatable bonds is 9. The number of nitrogens with zero attached hydrogens (tertiary/aromatic N) is 4. The maximum absolute atomic E-state index is 7.22. The smallest absolute Gasteiger partial charge is 0.200 e. The number of fused-ring (bicyclic) bond motifs is 2. The van der Waals surface area contributed by atoms with Crippen molar-refractivity contribution in [3.05, 3.63) is 59.5 Å². The molecule has 212 valence electrons. The lowest BCUT2D eigenvalue weighted by molar-refractivity contribution is 0.0763. The van der Waals surface area contributed by atoms with E-state index >= 15 is 0 Å². The Kier molecular flexibility index (Phi) is 7.94. The SMILES string of the molecule is CC(C)[Si](OC[C@@]1(c2nnc3ccc(O[C@@H]4CC[C@H](N)c5ccccc54)cn23)CCCN1C)(C(C)C)C(C)C. The van der Waals surface area contributed by atoms with Crippen LogP contribution >= 0.6 is 0 Å². The van der Waals surface area contributed by atoms with Crippen LogP contribution in [0.4, 0.5) is 0 Å². The Morgan fingerprint density at radius 1 is 0.974 bits per heavy atom. The van der Waals surface area contributed by atoms with Crippen molar-refractivity contribution in [1.82, 2.24) is 19.5 Å². The van der Waals surface area contributed by atoms with E-state index in [0.717, 1.165) is 49.4 Å². The van der Waals surface area contributed by atoms with Crippen LogP contribution in [0.2, 0.25) is 16.6 Å². The van der Waals surface area contributed by atoms with Crippen molar-refractivity contribution < 1.29 is 9.16 Å². The molecule has 3 atom stereocenters. The highest BCUT2D eigenvalue weighted by Gasteiger charge is 2.50. The normalized spacial score (nSPS) is 24.3. The largest absolute Gasteiger partial charge is 0.484 e. The monoisotopic (exact) mass is 549 g/mol. The van der Waals surface area contributed by atoms with Gasteiger partial charge in [0.2, 0.25) is 0 Å². The first-order valence-electron chi connectivity index (χ1n) is 14.8. The minimum atomic E-state index is -2.05. The molecular weight excluding hydrogens is 502 g/mol. The van der Waals surface area contributed by atoms with Crippen LogP contribution in [0.25, 0.3) is 5.65 Å². The van der Waals surface area contributed by atoms with Gasteiger partial charge < -0.3 is 14.9 Å². The highest BCUT2D eigenvalue weighted by Crippen LogP contribution is 2.46. The summed E-state index contributed by atoms with van der Waals surface area (Å²) in [7, 11) is 0.161. The van der Waals surface area contributed by atoms with E-state index in [-0.39, 0.29) is 17.7 Å². The molecule has 2 N–H and O–H groups in total. The minimum absolute atomic E-state index is 0.0143. The average Bonchev–Trinajstić information content (AvgIpc) is 3.49. The third-order valence-corrected chi connectivity index (χ3v) is 15.7. The molecular formula is C31H47N5O2Si. The number of aromatic nitrogens is 3. The fraction of sp³-hybridized carbons (Fsp3) is 0.613. The number of likely N-dealkylation sites (N-methyl/N-ethyl adjacent to an activating group) is 1. The molecule has 1 aromatic carbocycles. The van der Waals surface area contributed by atoms with Crippen LogP contribution in [-0.2, 0) is 9.96 Å². The summed E-state index contributed by atoms with van der Waals surface area (Å²) in [5, 5.41) is 9.40. The van der Waals surface area contributed by atoms with Gasteiger partial charge in [-0.1, -0.05) is 65.8 Å². The molecule has 39 heavy (non-hydrogen) atoms. The standard InChI is InChI=1S/C31H47N5O2Si/c1-21(2)39(22(3)4,23(5)6)37-20-31(17-10-18-35(31)7)30-34-33-29-16-13-24(19-36(29)30)38-28-15-14-27(32)25-11-8-9-12-26(25)28/h8-9,11-13,16,19,21-23,27-28H,10,14-15,17-18,20,32H2,1-7H3/t27-,28+,31+/m0/s1. The average molecular weight is 550 g/mol. The lowest BCUT2D eigenvalue weighted by Crippen LogP contribution is -2.53. The molecule has 2 aromatic heterocycles. The number of likely N-dealkylation sites (tertiary alicyclic amines) is 1. The molecule has 0 unspecified atom stereocenters. The van der Waals surface area contributed by atoms with E-state index in [0.29, 0.717) is 23.2 Å². The number of nitrogens with two attached hydrogens (primary N) is 1. The summed E-state index contributed by atoms with van der Waals surface area (Å²) in [5.41, 5.74) is 10.9. The van der Waals surface area contributed by atoms with Gasteiger partial charge in [0.1, 0.15) is 17.4 Å². The van der Waals surface area contributed by atoms with Gasteiger partial charge >= 0.3 is 0 Å². The predicted octanol–water partition coefficient (Wildman–Crippen LogP) is 6.76. The molecule has 0 spiro atoms. The number of hydrogen-bond acceptors (Lipinski definition) is 6. The molecule has 2 aliphatic rings. The summed E-state index contributed by atoms with van der Waals surface area (Å²) in [6.07, 6.45) is 6.00. The summed E-state index contributed by atoms with van der Waals surface area (Å²) in [4.78, 5) is 2.44. The lowest BCUT2D eigenvalue weighted by atomic mass is 9.86. The van der Waals surface area contributed by atoms with Crippen molar-refractivity contribution in [3.8, 4) is 5.75 Å². The maximum atomic E-state index is 7.22. The van der Waals surface area contributed by atoms with E-state index in [1.54, 1.807) is 0 Å². The molecule has 3 heterocycles. The minimum Gasteiger partial charge on any atom is -0.484 e. The Morgan fingerprint density at radius 2 is 1.67 bits per heavy atom. The zero-order valence-electron chi connectivity index (χ0n) is 24.9. The van der Waals surface area contributed by atoms with Crippen molar-refractivity contribution >= 4 is 14.0 Å². The van der Waals surface area contributed by atoms with Gasteiger partial charge in [-0.2, -0.15) is 0 Å². The fourth-order valence-electron chi connectivity index (χ4n) is 7.62. The molecule has 1 aliphatic carbocycles. The van der Waals surface area contributed by atoms with Crippen LogP contribution in [0.5, 0.6) is 5.75 Å². The van der Waals surface area contributed by atoms with E-state index in [1.807, 2.05) is 12.1 Å². The molecule has 5 rings (SSSR count). The Bertz CT molecular complexity index is 1270. The molecule has 0 bridgehead atoms. The van der Waals surface area contributed by atoms with Crippen LogP contribution in [0, 0.1) is 0 Å². The second-order valence-electron chi connectivity index (χ2n) is 12.7. The van der Waals surface area contributed by atoms with Gasteiger partial charge in [-0.05, 0) is 79.2 Å². The van der Waals surface area contributed by atoms with Gasteiger partial charge in [0.25, 0.3) is 0 Å². The molecule has 0 amide bonds. The van der Waals surface area contributed by atoms with Crippen molar-refractivity contribution in [2.24, 2.45) is 5.73 Å². The van der Waals surface area contributed by atoms with Gasteiger partial charge in [0.15, 0.2) is 19.8 Å². The maximum Gasteiger partial charge on any atom is 0.200 e. The van der Waals surface area contributed by atoms with E-state index < -0.39 is 8.32 Å². The van der Waals surface area contributed by atoms with E-state index in [1.165, 1.54) is 11.1 Å². The lowest BCUT2D eigenvalue weighted by Gasteiger charge is -2.45. The molecule has 0 radical (unpaired) electrons. The number of pyridine rings is 1. The van der Waals surface area contributed by atoms with Gasteiger partial charge in [-0.25, -0.2) is 0 Å². The van der Waals surface area contributed by atoms with E-state index in [2.05, 4.69) is 93.5 Å². The number of ether oxygens (including phenoxy) is 1. The molecule has 3 aromatic rings. The summed E-state index contributed by atoms with van der Waals surface area (Å²) in [6, 6.07) is 12.5.